The van der Waals surface area contributed by atoms with E-state index in [2.05, 4.69) is 5.32 Å². The van der Waals surface area contributed by atoms with Crippen molar-refractivity contribution in [3.63, 3.8) is 0 Å². The van der Waals surface area contributed by atoms with Crippen molar-refractivity contribution in [3.05, 3.63) is 70.1 Å². The number of esters is 1. The molecular formula is C29H33NO8. The first kappa shape index (κ1) is 27.1. The predicted octanol–water partition coefficient (Wildman–Crippen LogP) is 3.97. The van der Waals surface area contributed by atoms with Gasteiger partial charge in [-0.05, 0) is 54.7 Å². The van der Waals surface area contributed by atoms with E-state index in [1.54, 1.807) is 33.3 Å². The highest BCUT2D eigenvalue weighted by Gasteiger charge is 2.41. The fraction of sp³-hybridized carbons (Fsp3) is 0.379. The molecule has 0 saturated carbocycles. The molecule has 4 rings (SSSR count). The number of phenolic OH excluding ortho intramolecular Hbond substituents is 1. The highest BCUT2D eigenvalue weighted by atomic mass is 16.6. The van der Waals surface area contributed by atoms with Gasteiger partial charge in [0.15, 0.2) is 28.8 Å². The van der Waals surface area contributed by atoms with Gasteiger partial charge in [0, 0.05) is 36.4 Å². The van der Waals surface area contributed by atoms with Crippen LogP contribution in [0.3, 0.4) is 0 Å². The first-order valence-electron chi connectivity index (χ1n) is 12.3. The van der Waals surface area contributed by atoms with E-state index in [9.17, 15) is 14.7 Å². The van der Waals surface area contributed by atoms with E-state index in [-0.39, 0.29) is 42.8 Å². The van der Waals surface area contributed by atoms with Crippen molar-refractivity contribution in [2.75, 3.05) is 41.7 Å². The average Bonchev–Trinajstić information content (AvgIpc) is 2.92. The number of allylic oxidation sites excluding steroid dienone is 3. The zero-order valence-corrected chi connectivity index (χ0v) is 22.3. The Hall–Kier alpha value is -3.98. The van der Waals surface area contributed by atoms with Crippen LogP contribution in [-0.4, -0.2) is 58.5 Å². The Bertz CT molecular complexity index is 1300. The van der Waals surface area contributed by atoms with Crippen LogP contribution in [0.1, 0.15) is 42.7 Å². The summed E-state index contributed by atoms with van der Waals surface area (Å²) in [6.45, 7) is 2.13. The van der Waals surface area contributed by atoms with Crippen LogP contribution in [0.2, 0.25) is 0 Å². The number of aromatic hydroxyl groups is 1. The van der Waals surface area contributed by atoms with Crippen LogP contribution in [0, 0.1) is 0 Å². The Morgan fingerprint density at radius 3 is 2.29 bits per heavy atom. The van der Waals surface area contributed by atoms with Gasteiger partial charge in [-0.3, -0.25) is 4.79 Å². The largest absolute Gasteiger partial charge is 0.504 e. The lowest BCUT2D eigenvalue weighted by Crippen LogP contribution is -2.36. The molecule has 1 aliphatic carbocycles. The molecule has 1 aliphatic heterocycles. The van der Waals surface area contributed by atoms with E-state index in [1.165, 1.54) is 20.3 Å². The summed E-state index contributed by atoms with van der Waals surface area (Å²) in [4.78, 5) is 27.1. The number of rotatable bonds is 9. The molecule has 0 amide bonds. The van der Waals surface area contributed by atoms with Crippen molar-refractivity contribution in [1.29, 1.82) is 0 Å². The van der Waals surface area contributed by atoms with Gasteiger partial charge >= 0.3 is 5.97 Å². The van der Waals surface area contributed by atoms with Crippen LogP contribution in [0.15, 0.2) is 58.9 Å². The van der Waals surface area contributed by atoms with Crippen LogP contribution in [0.4, 0.5) is 0 Å². The second-order valence-corrected chi connectivity index (χ2v) is 9.19. The molecule has 0 fully saturated rings. The SMILES string of the molecule is COCCOC(=O)C1=C(C)NC2=C(C(=O)CC(c3ccc(OC)c(OC)c3)C2)C1c1ccc(O)c(OC)c1. The monoisotopic (exact) mass is 523 g/mol. The molecule has 0 bridgehead atoms. The maximum absolute atomic E-state index is 13.8. The van der Waals surface area contributed by atoms with E-state index >= 15 is 0 Å². The lowest BCUT2D eigenvalue weighted by atomic mass is 9.71. The number of benzene rings is 2. The van der Waals surface area contributed by atoms with Crippen molar-refractivity contribution < 1.29 is 38.4 Å². The topological polar surface area (TPSA) is 113 Å². The molecule has 2 N–H and O–H groups in total. The molecule has 0 spiro atoms. The molecule has 1 heterocycles. The van der Waals surface area contributed by atoms with Gasteiger partial charge in [0.05, 0.1) is 33.5 Å². The van der Waals surface area contributed by atoms with Gasteiger partial charge in [0.25, 0.3) is 0 Å². The summed E-state index contributed by atoms with van der Waals surface area (Å²) >= 11 is 0. The molecule has 2 aromatic carbocycles. The number of phenols is 1. The van der Waals surface area contributed by atoms with Crippen molar-refractivity contribution in [1.82, 2.24) is 5.32 Å². The molecule has 2 atom stereocenters. The summed E-state index contributed by atoms with van der Waals surface area (Å²) in [6, 6.07) is 10.5. The van der Waals surface area contributed by atoms with Gasteiger partial charge in [0.1, 0.15) is 6.61 Å². The van der Waals surface area contributed by atoms with E-state index in [4.69, 9.17) is 23.7 Å². The van der Waals surface area contributed by atoms with Gasteiger partial charge in [-0.15, -0.1) is 0 Å². The second kappa shape index (κ2) is 11.6. The van der Waals surface area contributed by atoms with Gasteiger partial charge < -0.3 is 34.1 Å². The third kappa shape index (κ3) is 5.19. The molecule has 2 aromatic rings. The Labute approximate surface area is 222 Å². The van der Waals surface area contributed by atoms with Crippen molar-refractivity contribution in [2.24, 2.45) is 0 Å². The first-order chi connectivity index (χ1) is 18.3. The number of hydrogen-bond acceptors (Lipinski definition) is 9. The molecule has 38 heavy (non-hydrogen) atoms. The quantitative estimate of drug-likeness (QED) is 0.372. The number of carbonyl (C=O) groups is 2. The van der Waals surface area contributed by atoms with Crippen LogP contribution in [0.25, 0.3) is 0 Å². The third-order valence-corrected chi connectivity index (χ3v) is 6.98. The predicted molar refractivity (Wildman–Crippen MR) is 140 cm³/mol. The van der Waals surface area contributed by atoms with Crippen LogP contribution in [-0.2, 0) is 19.1 Å². The Kier molecular flexibility index (Phi) is 8.26. The molecule has 9 nitrogen and oxygen atoms in total. The highest BCUT2D eigenvalue weighted by molar-refractivity contribution is 6.04. The lowest BCUT2D eigenvalue weighted by Gasteiger charge is -2.37. The number of nitrogens with one attached hydrogen (secondary N) is 1. The van der Waals surface area contributed by atoms with Gasteiger partial charge in [0.2, 0.25) is 0 Å². The van der Waals surface area contributed by atoms with Gasteiger partial charge in [-0.1, -0.05) is 12.1 Å². The number of carbonyl (C=O) groups excluding carboxylic acids is 2. The highest BCUT2D eigenvalue weighted by Crippen LogP contribution is 2.47. The molecule has 2 unspecified atom stereocenters. The minimum Gasteiger partial charge on any atom is -0.504 e. The maximum atomic E-state index is 13.8. The van der Waals surface area contributed by atoms with Gasteiger partial charge in [-0.2, -0.15) is 0 Å². The van der Waals surface area contributed by atoms with E-state index in [0.29, 0.717) is 40.3 Å². The Balaban J connectivity index is 1.77. The average molecular weight is 524 g/mol. The fourth-order valence-electron chi connectivity index (χ4n) is 5.15. The number of methoxy groups -OCH3 is 4. The molecular weight excluding hydrogens is 490 g/mol. The zero-order valence-electron chi connectivity index (χ0n) is 22.3. The summed E-state index contributed by atoms with van der Waals surface area (Å²) in [6.07, 6.45) is 0.818. The molecule has 9 heteroatoms. The lowest BCUT2D eigenvalue weighted by molar-refractivity contribution is -0.140. The molecule has 0 aromatic heterocycles. The van der Waals surface area contributed by atoms with Crippen LogP contribution in [0.5, 0.6) is 23.0 Å². The van der Waals surface area contributed by atoms with Crippen molar-refractivity contribution in [2.45, 2.75) is 31.6 Å². The van der Waals surface area contributed by atoms with Crippen molar-refractivity contribution >= 4 is 11.8 Å². The van der Waals surface area contributed by atoms with Gasteiger partial charge in [-0.25, -0.2) is 4.79 Å². The normalized spacial score (nSPS) is 19.0. The number of ketones is 1. The smallest absolute Gasteiger partial charge is 0.336 e. The Morgan fingerprint density at radius 1 is 0.921 bits per heavy atom. The summed E-state index contributed by atoms with van der Waals surface area (Å²) < 4.78 is 26.6. The number of ether oxygens (including phenoxy) is 5. The number of dihydropyridines is 1. The second-order valence-electron chi connectivity index (χ2n) is 9.19. The fourth-order valence-corrected chi connectivity index (χ4v) is 5.15. The molecule has 0 saturated heterocycles. The minimum absolute atomic E-state index is 0.0344. The van der Waals surface area contributed by atoms with Crippen LogP contribution >= 0.6 is 0 Å². The maximum Gasteiger partial charge on any atom is 0.336 e. The molecule has 202 valence electrons. The minimum atomic E-state index is -0.686. The van der Waals surface area contributed by atoms with Crippen LogP contribution < -0.4 is 19.5 Å². The summed E-state index contributed by atoms with van der Waals surface area (Å²) in [5.41, 5.74) is 3.81. The summed E-state index contributed by atoms with van der Waals surface area (Å²) in [7, 11) is 6.14. The number of hydrogen-bond donors (Lipinski definition) is 2. The zero-order chi connectivity index (χ0) is 27.4. The standard InChI is InChI=1S/C29H33NO8/c1-16-26(29(33)38-11-10-34-2)27(18-6-8-21(31)24(15-18)36-4)28-20(30-16)12-19(13-22(28)32)17-7-9-23(35-3)25(14-17)37-5/h6-9,14-15,19,27,30-31H,10-13H2,1-5H3. The van der Waals surface area contributed by atoms with E-state index in [1.807, 2.05) is 18.2 Å². The van der Waals surface area contributed by atoms with E-state index in [0.717, 1.165) is 11.3 Å². The van der Waals surface area contributed by atoms with Crippen molar-refractivity contribution in [3.8, 4) is 23.0 Å². The molecule has 2 aliphatic rings. The summed E-state index contributed by atoms with van der Waals surface area (Å²) in [5, 5.41) is 13.5. The van der Waals surface area contributed by atoms with E-state index < -0.39 is 11.9 Å². The summed E-state index contributed by atoms with van der Waals surface area (Å²) in [5.74, 6) is 0.0371. The Morgan fingerprint density at radius 2 is 1.61 bits per heavy atom. The number of Topliss-reactive ketones (excluding diaryl/α,β-unsaturated/α-hetero) is 1. The third-order valence-electron chi connectivity index (χ3n) is 6.98. The molecule has 0 radical (unpaired) electrons. The first-order valence-corrected chi connectivity index (χ1v) is 12.3.